The van der Waals surface area contributed by atoms with Crippen molar-refractivity contribution in [3.63, 3.8) is 0 Å². The molecule has 0 aromatic carbocycles. The second kappa shape index (κ2) is 6.83. The highest BCUT2D eigenvalue weighted by Gasteiger charge is 2.20. The van der Waals surface area contributed by atoms with Crippen molar-refractivity contribution in [1.82, 2.24) is 5.32 Å². The number of rotatable bonds is 6. The van der Waals surface area contributed by atoms with Crippen LogP contribution in [0.25, 0.3) is 0 Å². The van der Waals surface area contributed by atoms with Gasteiger partial charge in [-0.05, 0) is 38.6 Å². The fourth-order valence-electron chi connectivity index (χ4n) is 2.16. The molecule has 1 fully saturated rings. The van der Waals surface area contributed by atoms with Crippen LogP contribution in [-0.4, -0.2) is 25.2 Å². The van der Waals surface area contributed by atoms with E-state index in [-0.39, 0.29) is 12.0 Å². The standard InChI is InChI=1S/C12H23NO2/c1-3-11(12(14)15-4-2)13-9-10-7-5-6-8-10/h10-11,13H,3-9H2,1-2H3. The lowest BCUT2D eigenvalue weighted by atomic mass is 10.1. The number of nitrogens with one attached hydrogen (secondary N) is 1. The molecule has 15 heavy (non-hydrogen) atoms. The summed E-state index contributed by atoms with van der Waals surface area (Å²) in [5, 5.41) is 3.32. The minimum atomic E-state index is -0.106. The molecule has 1 N–H and O–H groups in total. The molecule has 0 amide bonds. The Morgan fingerprint density at radius 2 is 2.07 bits per heavy atom. The van der Waals surface area contributed by atoms with E-state index in [1.54, 1.807) is 0 Å². The maximum Gasteiger partial charge on any atom is 0.323 e. The highest BCUT2D eigenvalue weighted by molar-refractivity contribution is 5.75. The number of esters is 1. The molecule has 3 nitrogen and oxygen atoms in total. The molecular formula is C12H23NO2. The van der Waals surface area contributed by atoms with Gasteiger partial charge in [0.2, 0.25) is 0 Å². The van der Waals surface area contributed by atoms with Crippen molar-refractivity contribution in [1.29, 1.82) is 0 Å². The van der Waals surface area contributed by atoms with Gasteiger partial charge in [0.15, 0.2) is 0 Å². The molecular weight excluding hydrogens is 190 g/mol. The van der Waals surface area contributed by atoms with Crippen molar-refractivity contribution in [2.75, 3.05) is 13.2 Å². The number of hydrogen-bond acceptors (Lipinski definition) is 3. The molecule has 0 spiro atoms. The van der Waals surface area contributed by atoms with Crippen molar-refractivity contribution < 1.29 is 9.53 Å². The van der Waals surface area contributed by atoms with E-state index in [9.17, 15) is 4.79 Å². The average molecular weight is 213 g/mol. The van der Waals surface area contributed by atoms with Crippen LogP contribution in [0.3, 0.4) is 0 Å². The van der Waals surface area contributed by atoms with Gasteiger partial charge in [0, 0.05) is 0 Å². The molecule has 0 radical (unpaired) electrons. The summed E-state index contributed by atoms with van der Waals surface area (Å²) in [6, 6.07) is -0.106. The van der Waals surface area contributed by atoms with Crippen LogP contribution < -0.4 is 5.32 Å². The Morgan fingerprint density at radius 3 is 2.60 bits per heavy atom. The maximum atomic E-state index is 11.5. The Balaban J connectivity index is 2.23. The third-order valence-corrected chi connectivity index (χ3v) is 3.11. The van der Waals surface area contributed by atoms with Gasteiger partial charge in [0.25, 0.3) is 0 Å². The molecule has 0 aliphatic heterocycles. The van der Waals surface area contributed by atoms with Gasteiger partial charge in [-0.25, -0.2) is 0 Å². The van der Waals surface area contributed by atoms with Gasteiger partial charge in [-0.3, -0.25) is 4.79 Å². The summed E-state index contributed by atoms with van der Waals surface area (Å²) in [5.74, 6) is 0.673. The summed E-state index contributed by atoms with van der Waals surface area (Å²) in [4.78, 5) is 11.5. The summed E-state index contributed by atoms with van der Waals surface area (Å²) in [6.07, 6.45) is 6.13. The van der Waals surface area contributed by atoms with Crippen molar-refractivity contribution in [2.45, 2.75) is 52.0 Å². The lowest BCUT2D eigenvalue weighted by molar-refractivity contribution is -0.145. The van der Waals surface area contributed by atoms with Crippen LogP contribution >= 0.6 is 0 Å². The van der Waals surface area contributed by atoms with Crippen LogP contribution in [0.1, 0.15) is 46.0 Å². The third kappa shape index (κ3) is 4.20. The topological polar surface area (TPSA) is 38.3 Å². The highest BCUT2D eigenvalue weighted by atomic mass is 16.5. The van der Waals surface area contributed by atoms with Gasteiger partial charge in [-0.1, -0.05) is 19.8 Å². The smallest absolute Gasteiger partial charge is 0.323 e. The van der Waals surface area contributed by atoms with E-state index in [4.69, 9.17) is 4.74 Å². The quantitative estimate of drug-likeness (QED) is 0.687. The zero-order valence-corrected chi connectivity index (χ0v) is 9.92. The summed E-state index contributed by atoms with van der Waals surface area (Å²) < 4.78 is 5.01. The first-order valence-corrected chi connectivity index (χ1v) is 6.18. The maximum absolute atomic E-state index is 11.5. The Labute approximate surface area is 92.6 Å². The predicted octanol–water partition coefficient (Wildman–Crippen LogP) is 2.11. The van der Waals surface area contributed by atoms with Crippen LogP contribution in [0, 0.1) is 5.92 Å². The van der Waals surface area contributed by atoms with Gasteiger partial charge < -0.3 is 10.1 Å². The Morgan fingerprint density at radius 1 is 1.40 bits per heavy atom. The van der Waals surface area contributed by atoms with Crippen LogP contribution in [-0.2, 0) is 9.53 Å². The van der Waals surface area contributed by atoms with Crippen LogP contribution in [0.15, 0.2) is 0 Å². The lowest BCUT2D eigenvalue weighted by Crippen LogP contribution is -2.39. The molecule has 0 aromatic rings. The Kier molecular flexibility index (Phi) is 5.69. The Bertz CT molecular complexity index is 188. The van der Waals surface area contributed by atoms with E-state index < -0.39 is 0 Å². The number of ether oxygens (including phenoxy) is 1. The molecule has 1 unspecified atom stereocenters. The Hall–Kier alpha value is -0.570. The van der Waals surface area contributed by atoms with Crippen molar-refractivity contribution in [3.8, 4) is 0 Å². The molecule has 0 heterocycles. The monoisotopic (exact) mass is 213 g/mol. The van der Waals surface area contributed by atoms with Gasteiger partial charge >= 0.3 is 5.97 Å². The zero-order valence-electron chi connectivity index (χ0n) is 9.92. The van der Waals surface area contributed by atoms with E-state index in [1.807, 2.05) is 13.8 Å². The third-order valence-electron chi connectivity index (χ3n) is 3.11. The van der Waals surface area contributed by atoms with Crippen molar-refractivity contribution in [2.24, 2.45) is 5.92 Å². The second-order valence-corrected chi connectivity index (χ2v) is 4.27. The molecule has 1 atom stereocenters. The van der Waals surface area contributed by atoms with Gasteiger partial charge in [0.05, 0.1) is 6.61 Å². The molecule has 1 saturated carbocycles. The predicted molar refractivity (Wildman–Crippen MR) is 60.7 cm³/mol. The summed E-state index contributed by atoms with van der Waals surface area (Å²) in [7, 11) is 0. The van der Waals surface area contributed by atoms with E-state index in [1.165, 1.54) is 25.7 Å². The van der Waals surface area contributed by atoms with Gasteiger partial charge in [-0.15, -0.1) is 0 Å². The fourth-order valence-corrected chi connectivity index (χ4v) is 2.16. The van der Waals surface area contributed by atoms with Crippen LogP contribution in [0.2, 0.25) is 0 Å². The SMILES string of the molecule is CCOC(=O)C(CC)NCC1CCCC1. The second-order valence-electron chi connectivity index (χ2n) is 4.27. The van der Waals surface area contributed by atoms with Gasteiger partial charge in [0.1, 0.15) is 6.04 Å². The molecule has 88 valence electrons. The van der Waals surface area contributed by atoms with E-state index in [0.29, 0.717) is 6.61 Å². The highest BCUT2D eigenvalue weighted by Crippen LogP contribution is 2.23. The summed E-state index contributed by atoms with van der Waals surface area (Å²) in [5.41, 5.74) is 0. The molecule has 0 bridgehead atoms. The molecule has 1 aliphatic carbocycles. The van der Waals surface area contributed by atoms with Crippen LogP contribution in [0.4, 0.5) is 0 Å². The first kappa shape index (κ1) is 12.5. The summed E-state index contributed by atoms with van der Waals surface area (Å²) in [6.45, 7) is 5.31. The minimum absolute atomic E-state index is 0.0991. The molecule has 0 saturated heterocycles. The largest absolute Gasteiger partial charge is 0.465 e. The minimum Gasteiger partial charge on any atom is -0.465 e. The summed E-state index contributed by atoms with van der Waals surface area (Å²) >= 11 is 0. The van der Waals surface area contributed by atoms with E-state index >= 15 is 0 Å². The number of hydrogen-bond donors (Lipinski definition) is 1. The first-order valence-electron chi connectivity index (χ1n) is 6.18. The van der Waals surface area contributed by atoms with Crippen LogP contribution in [0.5, 0.6) is 0 Å². The lowest BCUT2D eigenvalue weighted by Gasteiger charge is -2.17. The zero-order chi connectivity index (χ0) is 11.1. The van der Waals surface area contributed by atoms with Gasteiger partial charge in [-0.2, -0.15) is 0 Å². The normalized spacial score (nSPS) is 19.1. The van der Waals surface area contributed by atoms with E-state index in [0.717, 1.165) is 18.9 Å². The van der Waals surface area contributed by atoms with Crippen molar-refractivity contribution in [3.05, 3.63) is 0 Å². The molecule has 0 aromatic heterocycles. The van der Waals surface area contributed by atoms with Crippen molar-refractivity contribution >= 4 is 5.97 Å². The molecule has 1 rings (SSSR count). The van der Waals surface area contributed by atoms with E-state index in [2.05, 4.69) is 5.32 Å². The average Bonchev–Trinajstić information content (AvgIpc) is 2.72. The molecule has 1 aliphatic rings. The molecule has 3 heteroatoms. The number of carbonyl (C=O) groups excluding carboxylic acids is 1. The first-order chi connectivity index (χ1) is 7.27. The fraction of sp³-hybridized carbons (Fsp3) is 0.917. The number of carbonyl (C=O) groups is 1.